The van der Waals surface area contributed by atoms with Gasteiger partial charge in [-0.25, -0.2) is 0 Å². The zero-order valence-corrected chi connectivity index (χ0v) is 9.44. The highest BCUT2D eigenvalue weighted by Gasteiger charge is 1.85. The summed E-state index contributed by atoms with van der Waals surface area (Å²) in [6.45, 7) is 5.79. The first-order valence-corrected chi connectivity index (χ1v) is 4.97. The third kappa shape index (κ3) is 4.91. The Morgan fingerprint density at radius 2 is 1.67 bits per heavy atom. The van der Waals surface area contributed by atoms with E-state index < -0.39 is 0 Å². The third-order valence-electron chi connectivity index (χ3n) is 1.72. The van der Waals surface area contributed by atoms with Crippen LogP contribution in [0.4, 0.5) is 0 Å². The molecule has 0 atom stereocenters. The monoisotopic (exact) mass is 200 g/mol. The summed E-state index contributed by atoms with van der Waals surface area (Å²) in [7, 11) is 0. The van der Waals surface area contributed by atoms with Gasteiger partial charge in [-0.1, -0.05) is 36.4 Å². The Balaban J connectivity index is 2.66. The minimum atomic E-state index is 0.903. The minimum absolute atomic E-state index is 0.903. The van der Waals surface area contributed by atoms with Crippen LogP contribution in [0, 0.1) is 0 Å². The molecule has 0 aromatic heterocycles. The van der Waals surface area contributed by atoms with Crippen molar-refractivity contribution in [3.05, 3.63) is 42.0 Å². The van der Waals surface area contributed by atoms with Crippen LogP contribution >= 0.6 is 0 Å². The van der Waals surface area contributed by atoms with Gasteiger partial charge in [0.25, 0.3) is 0 Å². The second-order valence-corrected chi connectivity index (χ2v) is 3.53. The van der Waals surface area contributed by atoms with Crippen LogP contribution in [-0.2, 0) is 0 Å². The quantitative estimate of drug-likeness (QED) is 0.526. The Hall–Kier alpha value is -1.70. The molecule has 1 rings (SSSR count). The highest BCUT2D eigenvalue weighted by atomic mass is 15.2. The molecule has 0 N–H and O–H groups in total. The molecule has 1 aromatic carbocycles. The third-order valence-corrected chi connectivity index (χ3v) is 1.72. The van der Waals surface area contributed by atoms with Crippen LogP contribution in [0.25, 0.3) is 6.08 Å². The first-order valence-electron chi connectivity index (χ1n) is 4.97. The number of hydrogen-bond donors (Lipinski definition) is 0. The maximum absolute atomic E-state index is 4.06. The van der Waals surface area contributed by atoms with E-state index in [-0.39, 0.29) is 0 Å². The van der Waals surface area contributed by atoms with Gasteiger partial charge in [0.15, 0.2) is 0 Å². The number of allylic oxidation sites excluding steroid dienone is 1. The van der Waals surface area contributed by atoms with Crippen molar-refractivity contribution in [1.29, 1.82) is 0 Å². The lowest BCUT2D eigenvalue weighted by molar-refractivity contribution is 1.22. The Morgan fingerprint density at radius 3 is 2.27 bits per heavy atom. The topological polar surface area (TPSA) is 24.7 Å². The van der Waals surface area contributed by atoms with Crippen LogP contribution in [0.1, 0.15) is 26.3 Å². The van der Waals surface area contributed by atoms with E-state index in [1.165, 1.54) is 5.56 Å². The molecule has 0 aliphatic rings. The first kappa shape index (κ1) is 11.4. The molecular formula is C13H16N2. The smallest absolute Gasteiger partial charge is 0.0599 e. The van der Waals surface area contributed by atoms with Crippen LogP contribution in [0.15, 0.2) is 46.6 Å². The molecule has 0 bridgehead atoms. The summed E-state index contributed by atoms with van der Waals surface area (Å²) in [6, 6.07) is 10.1. The first-order chi connectivity index (χ1) is 7.18. The van der Waals surface area contributed by atoms with Gasteiger partial charge in [-0.15, -0.1) is 0 Å². The molecule has 78 valence electrons. The molecule has 0 amide bonds. The Labute approximate surface area is 91.1 Å². The van der Waals surface area contributed by atoms with Crippen LogP contribution in [0.3, 0.4) is 0 Å². The fourth-order valence-electron chi connectivity index (χ4n) is 0.993. The van der Waals surface area contributed by atoms with Gasteiger partial charge in [0.1, 0.15) is 0 Å². The summed E-state index contributed by atoms with van der Waals surface area (Å²) >= 11 is 0. The number of nitrogens with zero attached hydrogens (tertiary/aromatic N) is 2. The van der Waals surface area contributed by atoms with Gasteiger partial charge >= 0.3 is 0 Å². The average Bonchev–Trinajstić information content (AvgIpc) is 2.25. The molecule has 0 heterocycles. The molecule has 0 aliphatic heterocycles. The van der Waals surface area contributed by atoms with Gasteiger partial charge in [0, 0.05) is 5.71 Å². The van der Waals surface area contributed by atoms with Crippen LogP contribution in [0.2, 0.25) is 0 Å². The van der Waals surface area contributed by atoms with Gasteiger partial charge in [0.2, 0.25) is 0 Å². The Morgan fingerprint density at radius 1 is 1.00 bits per heavy atom. The zero-order chi connectivity index (χ0) is 11.1. The molecule has 15 heavy (non-hydrogen) atoms. The zero-order valence-electron chi connectivity index (χ0n) is 9.44. The van der Waals surface area contributed by atoms with Crippen LogP contribution < -0.4 is 0 Å². The van der Waals surface area contributed by atoms with Gasteiger partial charge in [-0.2, -0.15) is 10.2 Å². The van der Waals surface area contributed by atoms with Crippen molar-refractivity contribution in [1.82, 2.24) is 0 Å². The second kappa shape index (κ2) is 5.91. The predicted octanol–water partition coefficient (Wildman–Crippen LogP) is 3.56. The van der Waals surface area contributed by atoms with Crippen molar-refractivity contribution in [2.45, 2.75) is 20.8 Å². The number of rotatable bonds is 3. The normalized spacial score (nSPS) is 11.8. The van der Waals surface area contributed by atoms with Gasteiger partial charge in [0.05, 0.1) is 5.71 Å². The summed E-state index contributed by atoms with van der Waals surface area (Å²) in [5, 5.41) is 8.05. The lowest BCUT2D eigenvalue weighted by Crippen LogP contribution is -1.84. The molecule has 2 nitrogen and oxygen atoms in total. The highest BCUT2D eigenvalue weighted by Crippen LogP contribution is 2.01. The van der Waals surface area contributed by atoms with Crippen molar-refractivity contribution in [3.8, 4) is 0 Å². The molecule has 0 aliphatic carbocycles. The lowest BCUT2D eigenvalue weighted by Gasteiger charge is -1.91. The van der Waals surface area contributed by atoms with E-state index in [0.29, 0.717) is 0 Å². The fourth-order valence-corrected chi connectivity index (χ4v) is 0.993. The van der Waals surface area contributed by atoms with Crippen LogP contribution in [-0.4, -0.2) is 11.4 Å². The van der Waals surface area contributed by atoms with E-state index in [1.807, 2.05) is 51.1 Å². The van der Waals surface area contributed by atoms with Crippen molar-refractivity contribution in [3.63, 3.8) is 0 Å². The average molecular weight is 200 g/mol. The second-order valence-electron chi connectivity index (χ2n) is 3.53. The highest BCUT2D eigenvalue weighted by molar-refractivity contribution is 5.96. The minimum Gasteiger partial charge on any atom is -0.160 e. The van der Waals surface area contributed by atoms with Crippen molar-refractivity contribution < 1.29 is 0 Å². The van der Waals surface area contributed by atoms with E-state index in [4.69, 9.17) is 0 Å². The fraction of sp³-hybridized carbons (Fsp3) is 0.231. The number of benzene rings is 1. The maximum atomic E-state index is 4.06. The van der Waals surface area contributed by atoms with E-state index in [2.05, 4.69) is 22.3 Å². The van der Waals surface area contributed by atoms with Gasteiger partial charge in [-0.3, -0.25) is 0 Å². The van der Waals surface area contributed by atoms with E-state index >= 15 is 0 Å². The molecule has 0 fully saturated rings. The van der Waals surface area contributed by atoms with Crippen molar-refractivity contribution in [2.75, 3.05) is 0 Å². The molecule has 0 radical (unpaired) electrons. The molecule has 0 saturated carbocycles. The maximum Gasteiger partial charge on any atom is 0.0599 e. The summed E-state index contributed by atoms with van der Waals surface area (Å²) < 4.78 is 0. The molecule has 0 unspecified atom stereocenters. The molecule has 1 aromatic rings. The van der Waals surface area contributed by atoms with E-state index in [1.54, 1.807) is 0 Å². The molecule has 0 spiro atoms. The summed E-state index contributed by atoms with van der Waals surface area (Å²) in [5.74, 6) is 0. The largest absolute Gasteiger partial charge is 0.160 e. The van der Waals surface area contributed by atoms with Gasteiger partial charge < -0.3 is 0 Å². The van der Waals surface area contributed by atoms with Crippen molar-refractivity contribution >= 4 is 17.5 Å². The summed E-state index contributed by atoms with van der Waals surface area (Å²) in [4.78, 5) is 0. The molecule has 2 heteroatoms. The van der Waals surface area contributed by atoms with Crippen LogP contribution in [0.5, 0.6) is 0 Å². The van der Waals surface area contributed by atoms with Gasteiger partial charge in [-0.05, 0) is 32.4 Å². The predicted molar refractivity (Wildman–Crippen MR) is 67.4 cm³/mol. The molecule has 0 saturated heterocycles. The van der Waals surface area contributed by atoms with Crippen molar-refractivity contribution in [2.24, 2.45) is 10.2 Å². The number of hydrogen-bond acceptors (Lipinski definition) is 2. The standard InChI is InChI=1S/C13H16N2/c1-11(2)14-15-12(3)9-10-13-7-5-4-6-8-13/h4-10H,1-3H3/b10-9+,15-12+. The summed E-state index contributed by atoms with van der Waals surface area (Å²) in [5.41, 5.74) is 3.03. The SMILES string of the molecule is CC(C)=N/N=C(C)/C=C/c1ccccc1. The van der Waals surface area contributed by atoms with E-state index in [0.717, 1.165) is 11.4 Å². The lowest BCUT2D eigenvalue weighted by atomic mass is 10.2. The van der Waals surface area contributed by atoms with E-state index in [9.17, 15) is 0 Å². The Kier molecular flexibility index (Phi) is 4.48. The Bertz CT molecular complexity index is 382. The summed E-state index contributed by atoms with van der Waals surface area (Å²) in [6.07, 6.45) is 3.99. The molecular weight excluding hydrogens is 184 g/mol.